The summed E-state index contributed by atoms with van der Waals surface area (Å²) in [6.45, 7) is 3.84. The first-order valence-electron chi connectivity index (χ1n) is 4.20. The van der Waals surface area contributed by atoms with E-state index in [2.05, 4.69) is 15.9 Å². The molecule has 1 nitrogen and oxygen atoms in total. The number of benzene rings is 1. The van der Waals surface area contributed by atoms with Crippen LogP contribution in [0.15, 0.2) is 33.6 Å². The standard InChI is InChI=1S/C10H13BrOS/c1-7(12)8(2)13-10-5-3-9(11)4-6-10/h3-8,12H,1-2H3. The minimum atomic E-state index is -0.270. The highest BCUT2D eigenvalue weighted by Crippen LogP contribution is 2.26. The van der Waals surface area contributed by atoms with E-state index < -0.39 is 0 Å². The number of aliphatic hydroxyl groups excluding tert-OH is 1. The maximum absolute atomic E-state index is 9.31. The Bertz CT molecular complexity index is 258. The van der Waals surface area contributed by atoms with Crippen LogP contribution in [-0.2, 0) is 0 Å². The van der Waals surface area contributed by atoms with Gasteiger partial charge in [-0.25, -0.2) is 0 Å². The van der Waals surface area contributed by atoms with Gasteiger partial charge in [-0.05, 0) is 31.2 Å². The van der Waals surface area contributed by atoms with Gasteiger partial charge in [0.1, 0.15) is 0 Å². The van der Waals surface area contributed by atoms with Crippen molar-refractivity contribution in [3.63, 3.8) is 0 Å². The molecule has 2 unspecified atom stereocenters. The lowest BCUT2D eigenvalue weighted by Crippen LogP contribution is -2.14. The van der Waals surface area contributed by atoms with Gasteiger partial charge in [-0.15, -0.1) is 11.8 Å². The van der Waals surface area contributed by atoms with E-state index in [1.807, 2.05) is 38.1 Å². The summed E-state index contributed by atoms with van der Waals surface area (Å²) in [5.74, 6) is 0. The lowest BCUT2D eigenvalue weighted by Gasteiger charge is -2.13. The van der Waals surface area contributed by atoms with Gasteiger partial charge in [0.2, 0.25) is 0 Å². The molecular weight excluding hydrogens is 248 g/mol. The lowest BCUT2D eigenvalue weighted by atomic mass is 10.3. The second-order valence-electron chi connectivity index (χ2n) is 3.02. The van der Waals surface area contributed by atoms with Crippen molar-refractivity contribution in [1.29, 1.82) is 0 Å². The van der Waals surface area contributed by atoms with Gasteiger partial charge in [-0.3, -0.25) is 0 Å². The van der Waals surface area contributed by atoms with E-state index in [4.69, 9.17) is 0 Å². The van der Waals surface area contributed by atoms with E-state index in [-0.39, 0.29) is 11.4 Å². The molecule has 3 heteroatoms. The summed E-state index contributed by atoms with van der Waals surface area (Å²) in [6.07, 6.45) is -0.270. The molecule has 0 heterocycles. The van der Waals surface area contributed by atoms with Crippen molar-refractivity contribution in [1.82, 2.24) is 0 Å². The molecule has 0 amide bonds. The predicted molar refractivity (Wildman–Crippen MR) is 61.1 cm³/mol. The van der Waals surface area contributed by atoms with Gasteiger partial charge in [-0.1, -0.05) is 22.9 Å². The Morgan fingerprint density at radius 1 is 1.23 bits per heavy atom. The van der Waals surface area contributed by atoms with Crippen molar-refractivity contribution in [2.75, 3.05) is 0 Å². The van der Waals surface area contributed by atoms with Crippen molar-refractivity contribution in [3.8, 4) is 0 Å². The fourth-order valence-electron chi connectivity index (χ4n) is 0.826. The number of hydrogen-bond acceptors (Lipinski definition) is 2. The van der Waals surface area contributed by atoms with E-state index in [1.54, 1.807) is 11.8 Å². The molecule has 13 heavy (non-hydrogen) atoms. The molecule has 2 atom stereocenters. The van der Waals surface area contributed by atoms with Crippen LogP contribution in [0.3, 0.4) is 0 Å². The molecule has 0 aliphatic heterocycles. The highest BCUT2D eigenvalue weighted by molar-refractivity contribution is 9.10. The number of rotatable bonds is 3. The van der Waals surface area contributed by atoms with E-state index in [0.717, 1.165) is 4.47 Å². The van der Waals surface area contributed by atoms with Crippen LogP contribution in [-0.4, -0.2) is 16.5 Å². The van der Waals surface area contributed by atoms with Gasteiger partial charge in [0, 0.05) is 14.6 Å². The lowest BCUT2D eigenvalue weighted by molar-refractivity contribution is 0.196. The SMILES string of the molecule is CC(O)C(C)Sc1ccc(Br)cc1. The Morgan fingerprint density at radius 3 is 2.23 bits per heavy atom. The predicted octanol–water partition coefficient (Wildman–Crippen LogP) is 3.31. The fourth-order valence-corrected chi connectivity index (χ4v) is 2.01. The number of halogens is 1. The third-order valence-electron chi connectivity index (χ3n) is 1.81. The van der Waals surface area contributed by atoms with Crippen LogP contribution in [0.4, 0.5) is 0 Å². The summed E-state index contributed by atoms with van der Waals surface area (Å²) in [7, 11) is 0. The van der Waals surface area contributed by atoms with Crippen molar-refractivity contribution in [3.05, 3.63) is 28.7 Å². The molecule has 0 fully saturated rings. The third kappa shape index (κ3) is 3.71. The van der Waals surface area contributed by atoms with Gasteiger partial charge in [-0.2, -0.15) is 0 Å². The van der Waals surface area contributed by atoms with Crippen molar-refractivity contribution in [2.45, 2.75) is 30.1 Å². The Hall–Kier alpha value is 0.01000. The van der Waals surface area contributed by atoms with Gasteiger partial charge >= 0.3 is 0 Å². The molecule has 1 rings (SSSR count). The van der Waals surface area contributed by atoms with Gasteiger partial charge in [0.25, 0.3) is 0 Å². The maximum Gasteiger partial charge on any atom is 0.0631 e. The molecule has 1 aromatic rings. The quantitative estimate of drug-likeness (QED) is 0.842. The number of thioether (sulfide) groups is 1. The first-order chi connectivity index (χ1) is 6.09. The summed E-state index contributed by atoms with van der Waals surface area (Å²) in [6, 6.07) is 8.12. The number of hydrogen-bond donors (Lipinski definition) is 1. The Balaban J connectivity index is 2.59. The third-order valence-corrected chi connectivity index (χ3v) is 3.65. The van der Waals surface area contributed by atoms with Gasteiger partial charge in [0.15, 0.2) is 0 Å². The second-order valence-corrected chi connectivity index (χ2v) is 5.38. The van der Waals surface area contributed by atoms with Crippen molar-refractivity contribution in [2.24, 2.45) is 0 Å². The topological polar surface area (TPSA) is 20.2 Å². The molecule has 0 aromatic heterocycles. The normalized spacial score (nSPS) is 15.4. The molecular formula is C10H13BrOS. The minimum absolute atomic E-state index is 0.237. The zero-order valence-corrected chi connectivity index (χ0v) is 10.1. The van der Waals surface area contributed by atoms with Crippen molar-refractivity contribution < 1.29 is 5.11 Å². The van der Waals surface area contributed by atoms with Gasteiger partial charge in [0.05, 0.1) is 6.10 Å². The smallest absolute Gasteiger partial charge is 0.0631 e. The van der Waals surface area contributed by atoms with Crippen LogP contribution in [0, 0.1) is 0 Å². The summed E-state index contributed by atoms with van der Waals surface area (Å²) >= 11 is 5.07. The van der Waals surface area contributed by atoms with Crippen LogP contribution in [0.5, 0.6) is 0 Å². The summed E-state index contributed by atoms with van der Waals surface area (Å²) in [5, 5.41) is 9.54. The monoisotopic (exact) mass is 260 g/mol. The van der Waals surface area contributed by atoms with E-state index in [9.17, 15) is 5.11 Å². The van der Waals surface area contributed by atoms with Crippen LogP contribution in [0.2, 0.25) is 0 Å². The van der Waals surface area contributed by atoms with Crippen LogP contribution in [0.25, 0.3) is 0 Å². The highest BCUT2D eigenvalue weighted by Gasteiger charge is 2.09. The van der Waals surface area contributed by atoms with Crippen LogP contribution >= 0.6 is 27.7 Å². The molecule has 0 saturated heterocycles. The van der Waals surface area contributed by atoms with E-state index in [0.29, 0.717) is 0 Å². The fraction of sp³-hybridized carbons (Fsp3) is 0.400. The Morgan fingerprint density at radius 2 is 1.77 bits per heavy atom. The molecule has 0 bridgehead atoms. The first-order valence-corrected chi connectivity index (χ1v) is 5.87. The molecule has 1 N–H and O–H groups in total. The average Bonchev–Trinajstić information content (AvgIpc) is 2.08. The molecule has 0 spiro atoms. The largest absolute Gasteiger partial charge is 0.392 e. The molecule has 72 valence electrons. The van der Waals surface area contributed by atoms with E-state index in [1.165, 1.54) is 4.90 Å². The molecule has 0 aliphatic rings. The van der Waals surface area contributed by atoms with Crippen molar-refractivity contribution >= 4 is 27.7 Å². The molecule has 0 radical (unpaired) electrons. The van der Waals surface area contributed by atoms with Crippen LogP contribution < -0.4 is 0 Å². The molecule has 0 aliphatic carbocycles. The Labute approximate surface area is 91.7 Å². The first kappa shape index (κ1) is 11.1. The Kier molecular flexibility index (Phi) is 4.29. The van der Waals surface area contributed by atoms with Gasteiger partial charge < -0.3 is 5.11 Å². The summed E-state index contributed by atoms with van der Waals surface area (Å²) in [4.78, 5) is 1.19. The average molecular weight is 261 g/mol. The van der Waals surface area contributed by atoms with Crippen LogP contribution in [0.1, 0.15) is 13.8 Å². The second kappa shape index (κ2) is 5.03. The zero-order valence-electron chi connectivity index (χ0n) is 7.70. The van der Waals surface area contributed by atoms with E-state index >= 15 is 0 Å². The zero-order chi connectivity index (χ0) is 9.84. The highest BCUT2D eigenvalue weighted by atomic mass is 79.9. The minimum Gasteiger partial charge on any atom is -0.392 e. The maximum atomic E-state index is 9.31. The molecule has 0 saturated carbocycles. The summed E-state index contributed by atoms with van der Waals surface area (Å²) in [5.41, 5.74) is 0. The molecule has 1 aromatic carbocycles. The summed E-state index contributed by atoms with van der Waals surface area (Å²) < 4.78 is 1.08. The number of aliphatic hydroxyl groups is 1.